The zero-order valence-electron chi connectivity index (χ0n) is 10.5. The molecule has 86 valence electrons. The quantitative estimate of drug-likeness (QED) is 0.719. The molecule has 2 heteroatoms. The van der Waals surface area contributed by atoms with Crippen LogP contribution in [0, 0.1) is 17.3 Å². The van der Waals surface area contributed by atoms with Crippen molar-refractivity contribution >= 4 is 0 Å². The molecule has 0 aromatic carbocycles. The first-order valence-corrected chi connectivity index (χ1v) is 5.47. The molecule has 0 radical (unpaired) electrons. The molecule has 0 aliphatic heterocycles. The highest BCUT2D eigenvalue weighted by molar-refractivity contribution is 4.91. The van der Waals surface area contributed by atoms with Crippen LogP contribution in [0.1, 0.15) is 48.0 Å². The molecule has 0 aliphatic rings. The average molecular weight is 202 g/mol. The number of hydrogen-bond donors (Lipinski definition) is 2. The van der Waals surface area contributed by atoms with Crippen molar-refractivity contribution in [3.05, 3.63) is 0 Å². The van der Waals surface area contributed by atoms with E-state index in [0.717, 1.165) is 6.42 Å². The predicted molar refractivity (Wildman–Crippen MR) is 60.1 cm³/mol. The van der Waals surface area contributed by atoms with E-state index in [1.54, 1.807) is 0 Å². The number of aliphatic hydroxyl groups excluding tert-OH is 1. The van der Waals surface area contributed by atoms with Crippen LogP contribution in [0.15, 0.2) is 0 Å². The molecule has 0 amide bonds. The monoisotopic (exact) mass is 202 g/mol. The van der Waals surface area contributed by atoms with E-state index in [1.807, 2.05) is 13.8 Å². The first kappa shape index (κ1) is 13.9. The normalized spacial score (nSPS) is 18.0. The summed E-state index contributed by atoms with van der Waals surface area (Å²) in [5.41, 5.74) is -0.822. The van der Waals surface area contributed by atoms with E-state index in [4.69, 9.17) is 5.11 Å². The minimum Gasteiger partial charge on any atom is -0.396 e. The second-order valence-electron chi connectivity index (χ2n) is 5.56. The topological polar surface area (TPSA) is 40.5 Å². The van der Waals surface area contributed by atoms with Crippen LogP contribution >= 0.6 is 0 Å². The van der Waals surface area contributed by atoms with Crippen molar-refractivity contribution in [2.45, 2.75) is 53.6 Å². The van der Waals surface area contributed by atoms with Gasteiger partial charge in [-0.2, -0.15) is 0 Å². The Hall–Kier alpha value is -0.0800. The Morgan fingerprint density at radius 1 is 1.07 bits per heavy atom. The van der Waals surface area contributed by atoms with Gasteiger partial charge in [0, 0.05) is 6.61 Å². The van der Waals surface area contributed by atoms with Gasteiger partial charge in [0.2, 0.25) is 0 Å². The minimum absolute atomic E-state index is 0.137. The average Bonchev–Trinajstić information content (AvgIpc) is 2.01. The lowest BCUT2D eigenvalue weighted by Gasteiger charge is -2.44. The Labute approximate surface area is 88.3 Å². The summed E-state index contributed by atoms with van der Waals surface area (Å²) < 4.78 is 0. The van der Waals surface area contributed by atoms with E-state index >= 15 is 0 Å². The van der Waals surface area contributed by atoms with E-state index < -0.39 is 5.60 Å². The molecule has 0 bridgehead atoms. The molecule has 0 saturated heterocycles. The SMILES string of the molecule is CC(CCO)C(C)C(C)(C)C(C)(C)O. The number of aliphatic hydroxyl groups is 2. The zero-order valence-corrected chi connectivity index (χ0v) is 10.5. The van der Waals surface area contributed by atoms with Gasteiger partial charge in [0.05, 0.1) is 5.60 Å². The van der Waals surface area contributed by atoms with E-state index in [2.05, 4.69) is 27.7 Å². The van der Waals surface area contributed by atoms with Crippen LogP contribution in [0.4, 0.5) is 0 Å². The van der Waals surface area contributed by atoms with Gasteiger partial charge in [0.15, 0.2) is 0 Å². The van der Waals surface area contributed by atoms with Crippen LogP contribution in [0.5, 0.6) is 0 Å². The molecule has 2 unspecified atom stereocenters. The van der Waals surface area contributed by atoms with E-state index in [-0.39, 0.29) is 12.0 Å². The highest BCUT2D eigenvalue weighted by Crippen LogP contribution is 2.42. The molecule has 0 aliphatic carbocycles. The van der Waals surface area contributed by atoms with Gasteiger partial charge in [-0.05, 0) is 37.5 Å². The van der Waals surface area contributed by atoms with Gasteiger partial charge < -0.3 is 10.2 Å². The second-order valence-corrected chi connectivity index (χ2v) is 5.56. The summed E-state index contributed by atoms with van der Waals surface area (Å²) in [6.45, 7) is 12.4. The first-order chi connectivity index (χ1) is 6.14. The summed E-state index contributed by atoms with van der Waals surface area (Å²) in [5, 5.41) is 19.0. The van der Waals surface area contributed by atoms with Gasteiger partial charge in [-0.25, -0.2) is 0 Å². The Balaban J connectivity index is 4.57. The first-order valence-electron chi connectivity index (χ1n) is 5.47. The van der Waals surface area contributed by atoms with Gasteiger partial charge in [-0.15, -0.1) is 0 Å². The minimum atomic E-state index is -0.684. The van der Waals surface area contributed by atoms with Gasteiger partial charge >= 0.3 is 0 Å². The van der Waals surface area contributed by atoms with Crippen molar-refractivity contribution in [3.8, 4) is 0 Å². The lowest BCUT2D eigenvalue weighted by Crippen LogP contribution is -2.45. The molecule has 2 nitrogen and oxygen atoms in total. The maximum atomic E-state index is 10.1. The smallest absolute Gasteiger partial charge is 0.0645 e. The third kappa shape index (κ3) is 2.96. The van der Waals surface area contributed by atoms with E-state index in [0.29, 0.717) is 11.8 Å². The maximum absolute atomic E-state index is 10.1. The summed E-state index contributed by atoms with van der Waals surface area (Å²) in [6, 6.07) is 0. The summed E-state index contributed by atoms with van der Waals surface area (Å²) in [5.74, 6) is 0.816. The highest BCUT2D eigenvalue weighted by atomic mass is 16.3. The molecule has 0 fully saturated rings. The van der Waals surface area contributed by atoms with Gasteiger partial charge in [0.1, 0.15) is 0 Å². The molecule has 0 heterocycles. The number of rotatable bonds is 5. The van der Waals surface area contributed by atoms with Crippen LogP contribution in [0.3, 0.4) is 0 Å². The summed E-state index contributed by atoms with van der Waals surface area (Å²) in [4.78, 5) is 0. The fourth-order valence-corrected chi connectivity index (χ4v) is 1.72. The molecule has 2 atom stereocenters. The van der Waals surface area contributed by atoms with Crippen LogP contribution in [0.2, 0.25) is 0 Å². The molecule has 0 spiro atoms. The number of hydrogen-bond acceptors (Lipinski definition) is 2. The van der Waals surface area contributed by atoms with Crippen molar-refractivity contribution < 1.29 is 10.2 Å². The van der Waals surface area contributed by atoms with E-state index in [9.17, 15) is 5.11 Å². The Morgan fingerprint density at radius 2 is 1.50 bits per heavy atom. The van der Waals surface area contributed by atoms with Crippen LogP contribution in [-0.4, -0.2) is 22.4 Å². The van der Waals surface area contributed by atoms with E-state index in [1.165, 1.54) is 0 Å². The predicted octanol–water partition coefficient (Wildman–Crippen LogP) is 2.44. The molecule has 2 N–H and O–H groups in total. The zero-order chi connectivity index (χ0) is 11.6. The fourth-order valence-electron chi connectivity index (χ4n) is 1.72. The van der Waals surface area contributed by atoms with Crippen LogP contribution in [-0.2, 0) is 0 Å². The Kier molecular flexibility index (Phi) is 4.60. The molecule has 0 aromatic rings. The fraction of sp³-hybridized carbons (Fsp3) is 1.00. The molecular formula is C12H26O2. The maximum Gasteiger partial charge on any atom is 0.0645 e. The largest absolute Gasteiger partial charge is 0.396 e. The third-order valence-corrected chi connectivity index (χ3v) is 4.15. The molecule has 0 rings (SSSR count). The van der Waals surface area contributed by atoms with Crippen molar-refractivity contribution in [3.63, 3.8) is 0 Å². The Bertz CT molecular complexity index is 168. The second kappa shape index (κ2) is 4.63. The van der Waals surface area contributed by atoms with Crippen molar-refractivity contribution in [2.24, 2.45) is 17.3 Å². The molecule has 14 heavy (non-hydrogen) atoms. The Morgan fingerprint density at radius 3 is 1.79 bits per heavy atom. The third-order valence-electron chi connectivity index (χ3n) is 4.15. The van der Waals surface area contributed by atoms with Crippen molar-refractivity contribution in [1.82, 2.24) is 0 Å². The highest BCUT2D eigenvalue weighted by Gasteiger charge is 2.41. The van der Waals surface area contributed by atoms with Gasteiger partial charge in [-0.3, -0.25) is 0 Å². The van der Waals surface area contributed by atoms with Gasteiger partial charge in [0.25, 0.3) is 0 Å². The van der Waals surface area contributed by atoms with Gasteiger partial charge in [-0.1, -0.05) is 27.7 Å². The molecule has 0 saturated carbocycles. The molecular weight excluding hydrogens is 176 g/mol. The lowest BCUT2D eigenvalue weighted by atomic mass is 9.64. The van der Waals surface area contributed by atoms with Crippen LogP contribution in [0.25, 0.3) is 0 Å². The standard InChI is InChI=1S/C12H26O2/c1-9(7-8-13)10(2)11(3,4)12(5,6)14/h9-10,13-14H,7-8H2,1-6H3. The van der Waals surface area contributed by atoms with Crippen LogP contribution < -0.4 is 0 Å². The van der Waals surface area contributed by atoms with Crippen molar-refractivity contribution in [1.29, 1.82) is 0 Å². The lowest BCUT2D eigenvalue weighted by molar-refractivity contribution is -0.0783. The summed E-state index contributed by atoms with van der Waals surface area (Å²) >= 11 is 0. The summed E-state index contributed by atoms with van der Waals surface area (Å²) in [7, 11) is 0. The molecule has 0 aromatic heterocycles. The van der Waals surface area contributed by atoms with Crippen molar-refractivity contribution in [2.75, 3.05) is 6.61 Å². The summed E-state index contributed by atoms with van der Waals surface area (Å²) in [6.07, 6.45) is 0.806.